The zero-order valence-corrected chi connectivity index (χ0v) is 25.2. The first-order chi connectivity index (χ1) is 20.4. The van der Waals surface area contributed by atoms with Gasteiger partial charge in [-0.3, -0.25) is 9.59 Å². The van der Waals surface area contributed by atoms with Crippen molar-refractivity contribution in [3.05, 3.63) is 40.5 Å². The van der Waals surface area contributed by atoms with E-state index in [1.54, 1.807) is 6.07 Å². The third kappa shape index (κ3) is 6.96. The van der Waals surface area contributed by atoms with Gasteiger partial charge >= 0.3 is 0 Å². The fourth-order valence-corrected chi connectivity index (χ4v) is 6.36. The van der Waals surface area contributed by atoms with Gasteiger partial charge in [-0.2, -0.15) is 9.97 Å². The quantitative estimate of drug-likeness (QED) is 0.189. The number of aromatic nitrogens is 3. The van der Waals surface area contributed by atoms with Gasteiger partial charge in [0.25, 0.3) is 12.3 Å². The molecule has 1 spiro atoms. The van der Waals surface area contributed by atoms with E-state index >= 15 is 0 Å². The molecule has 0 aliphatic heterocycles. The average molecular weight is 600 g/mol. The predicted octanol–water partition coefficient (Wildman–Crippen LogP) is 7.26. The van der Waals surface area contributed by atoms with Gasteiger partial charge in [-0.05, 0) is 87.5 Å². The summed E-state index contributed by atoms with van der Waals surface area (Å²) in [6.07, 6.45) is 5.80. The van der Waals surface area contributed by atoms with Crippen LogP contribution >= 0.6 is 0 Å². The molecule has 43 heavy (non-hydrogen) atoms. The number of aryl methyl sites for hydroxylation is 1. The third-order valence-electron chi connectivity index (χ3n) is 9.02. The lowest BCUT2D eigenvalue weighted by Gasteiger charge is -2.22. The number of rotatable bonds is 12. The van der Waals surface area contributed by atoms with Crippen LogP contribution in [0, 0.1) is 25.2 Å². The first kappa shape index (κ1) is 30.8. The number of hydrogen-bond acceptors (Lipinski definition) is 6. The van der Waals surface area contributed by atoms with E-state index in [2.05, 4.69) is 25.6 Å². The van der Waals surface area contributed by atoms with Crippen molar-refractivity contribution in [2.45, 2.75) is 97.7 Å². The topological polar surface area (TPSA) is 109 Å². The van der Waals surface area contributed by atoms with Crippen molar-refractivity contribution < 1.29 is 27.5 Å². The van der Waals surface area contributed by atoms with Crippen LogP contribution in [-0.4, -0.2) is 45.3 Å². The van der Waals surface area contributed by atoms with Gasteiger partial charge in [0.15, 0.2) is 23.7 Å². The number of nitrogens with zero attached hydrogens (tertiary/aromatic N) is 2. The molecule has 11 heteroatoms. The molecule has 2 saturated carbocycles. The molecule has 2 aliphatic rings. The fraction of sp³-hybridized carbons (Fsp3) is 0.562. The molecule has 1 aromatic carbocycles. The van der Waals surface area contributed by atoms with E-state index in [1.165, 1.54) is 52.4 Å². The highest BCUT2D eigenvalue weighted by Gasteiger charge is 2.52. The lowest BCUT2D eigenvalue weighted by atomic mass is 9.83. The van der Waals surface area contributed by atoms with Gasteiger partial charge in [0.1, 0.15) is 0 Å². The maximum atomic E-state index is 14.0. The Morgan fingerprint density at radius 3 is 2.60 bits per heavy atom. The van der Waals surface area contributed by atoms with Crippen LogP contribution < -0.4 is 15.4 Å². The molecule has 0 radical (unpaired) electrons. The minimum absolute atomic E-state index is 0.139. The second-order valence-electron chi connectivity index (χ2n) is 12.6. The van der Waals surface area contributed by atoms with E-state index in [9.17, 15) is 22.8 Å². The molecule has 0 saturated heterocycles. The number of aromatic amines is 1. The van der Waals surface area contributed by atoms with Crippen molar-refractivity contribution >= 4 is 34.5 Å². The van der Waals surface area contributed by atoms with E-state index in [1.807, 2.05) is 26.0 Å². The van der Waals surface area contributed by atoms with Crippen molar-refractivity contribution in [2.75, 3.05) is 11.9 Å². The maximum absolute atomic E-state index is 14.0. The minimum Gasteiger partial charge on any atom is -0.471 e. The zero-order chi connectivity index (χ0) is 30.9. The van der Waals surface area contributed by atoms with E-state index in [4.69, 9.17) is 4.74 Å². The van der Waals surface area contributed by atoms with Crippen LogP contribution in [0.5, 0.6) is 5.88 Å². The summed E-state index contributed by atoms with van der Waals surface area (Å²) in [6, 6.07) is 5.32. The number of ether oxygens (including phenoxy) is 1. The molecule has 1 amide bonds. The molecular formula is C32H40F3N5O3. The Kier molecular flexibility index (Phi) is 8.72. The number of benzene rings is 1. The normalized spacial score (nSPS) is 17.8. The molecule has 8 nitrogen and oxygen atoms in total. The Balaban J connectivity index is 1.35. The number of fused-ring (bicyclic) bond motifs is 1. The molecule has 3 aromatic rings. The standard InChI is InChI=1S/C32H40F3N5O3/c1-18-8-9-20(16-36-29(42)31(3,4)35)19(2)26(18)38-30-37-23-14-22(28(39-27(23)40-30)43-17-25(33)34)24(41)11-10-21-15-32(21)12-6-5-7-13-32/h8-9,14,21,25H,5-7,10-13,15-17H2,1-4H3,(H,36,42)(H2,37,38,39,40)/t21-/m1/s1. The number of alkyl halides is 3. The Bertz CT molecular complexity index is 1510. The molecule has 2 heterocycles. The van der Waals surface area contributed by atoms with Gasteiger partial charge in [-0.25, -0.2) is 13.2 Å². The number of Topliss-reactive ketones (excluding diaryl/α,β-unsaturated/α-hetero) is 1. The third-order valence-corrected chi connectivity index (χ3v) is 9.02. The van der Waals surface area contributed by atoms with E-state index in [0.29, 0.717) is 29.2 Å². The molecule has 5 rings (SSSR count). The summed E-state index contributed by atoms with van der Waals surface area (Å²) in [5.41, 5.74) is 2.53. The predicted molar refractivity (Wildman–Crippen MR) is 159 cm³/mol. The smallest absolute Gasteiger partial charge is 0.272 e. The molecule has 3 N–H and O–H groups in total. The fourth-order valence-electron chi connectivity index (χ4n) is 6.36. The Labute approximate surface area is 249 Å². The Hall–Kier alpha value is -3.63. The number of carbonyl (C=O) groups excluding carboxylic acids is 2. The molecule has 0 bridgehead atoms. The van der Waals surface area contributed by atoms with Gasteiger partial charge < -0.3 is 20.4 Å². The molecule has 2 fully saturated rings. The van der Waals surface area contributed by atoms with Crippen LogP contribution in [0.25, 0.3) is 11.2 Å². The van der Waals surface area contributed by atoms with Crippen molar-refractivity contribution in [2.24, 2.45) is 11.3 Å². The maximum Gasteiger partial charge on any atom is 0.272 e. The summed E-state index contributed by atoms with van der Waals surface area (Å²) in [6.45, 7) is 5.47. The summed E-state index contributed by atoms with van der Waals surface area (Å²) in [4.78, 5) is 37.3. The highest BCUT2D eigenvalue weighted by molar-refractivity contribution is 6.00. The summed E-state index contributed by atoms with van der Waals surface area (Å²) in [5.74, 6) is -0.146. The molecule has 232 valence electrons. The number of H-pyrrole nitrogens is 1. The number of ketones is 1. The van der Waals surface area contributed by atoms with Crippen molar-refractivity contribution in [1.29, 1.82) is 0 Å². The van der Waals surface area contributed by atoms with Gasteiger partial charge in [0, 0.05) is 18.7 Å². The monoisotopic (exact) mass is 599 g/mol. The van der Waals surface area contributed by atoms with Crippen LogP contribution in [0.15, 0.2) is 18.2 Å². The zero-order valence-electron chi connectivity index (χ0n) is 25.2. The van der Waals surface area contributed by atoms with Gasteiger partial charge in [-0.1, -0.05) is 31.4 Å². The van der Waals surface area contributed by atoms with Crippen molar-refractivity contribution in [3.8, 4) is 5.88 Å². The van der Waals surface area contributed by atoms with E-state index in [-0.39, 0.29) is 29.4 Å². The molecular weight excluding hydrogens is 559 g/mol. The number of halogens is 3. The summed E-state index contributed by atoms with van der Waals surface area (Å²) >= 11 is 0. The highest BCUT2D eigenvalue weighted by atomic mass is 19.3. The van der Waals surface area contributed by atoms with Crippen LogP contribution in [0.4, 0.5) is 24.8 Å². The van der Waals surface area contributed by atoms with Crippen LogP contribution in [0.3, 0.4) is 0 Å². The number of anilines is 2. The van der Waals surface area contributed by atoms with E-state index in [0.717, 1.165) is 28.8 Å². The summed E-state index contributed by atoms with van der Waals surface area (Å²) < 4.78 is 45.3. The first-order valence-corrected chi connectivity index (χ1v) is 15.0. The molecule has 1 atom stereocenters. The number of hydrogen-bond donors (Lipinski definition) is 3. The summed E-state index contributed by atoms with van der Waals surface area (Å²) in [7, 11) is 0. The van der Waals surface area contributed by atoms with Gasteiger partial charge in [-0.15, -0.1) is 0 Å². The van der Waals surface area contributed by atoms with Crippen molar-refractivity contribution in [3.63, 3.8) is 0 Å². The van der Waals surface area contributed by atoms with E-state index < -0.39 is 24.6 Å². The summed E-state index contributed by atoms with van der Waals surface area (Å²) in [5, 5.41) is 5.87. The number of imidazole rings is 1. The molecule has 0 unspecified atom stereocenters. The number of carbonyl (C=O) groups is 2. The molecule has 2 aliphatic carbocycles. The lowest BCUT2D eigenvalue weighted by Crippen LogP contribution is -2.38. The number of pyridine rings is 1. The SMILES string of the molecule is Cc1ccc(CNC(=O)C(C)(C)F)c(C)c1Nc1nc2nc(OCC(F)F)c(C(=O)CC[C@@H]3CC34CCCCC4)cc2[nH]1. The van der Waals surface area contributed by atoms with Crippen molar-refractivity contribution in [1.82, 2.24) is 20.3 Å². The second-order valence-corrected chi connectivity index (χ2v) is 12.6. The van der Waals surface area contributed by atoms with Gasteiger partial charge in [0.2, 0.25) is 11.8 Å². The average Bonchev–Trinajstić information content (AvgIpc) is 3.45. The Morgan fingerprint density at radius 1 is 1.16 bits per heavy atom. The first-order valence-electron chi connectivity index (χ1n) is 15.0. The highest BCUT2D eigenvalue weighted by Crippen LogP contribution is 2.63. The van der Waals surface area contributed by atoms with Gasteiger partial charge in [0.05, 0.1) is 11.1 Å². The largest absolute Gasteiger partial charge is 0.471 e. The Morgan fingerprint density at radius 2 is 1.91 bits per heavy atom. The second kappa shape index (κ2) is 12.2. The number of nitrogens with one attached hydrogen (secondary N) is 3. The van der Waals surface area contributed by atoms with Crippen LogP contribution in [0.2, 0.25) is 0 Å². The van der Waals surface area contributed by atoms with Crippen LogP contribution in [0.1, 0.15) is 92.3 Å². The molecule has 2 aromatic heterocycles. The lowest BCUT2D eigenvalue weighted by molar-refractivity contribution is -0.130. The van der Waals surface area contributed by atoms with Crippen LogP contribution in [-0.2, 0) is 11.3 Å². The minimum atomic E-state index is -2.71. The number of amides is 1.